The molecule has 0 atom stereocenters. The largest absolute Gasteiger partial charge is 0.461 e. The number of halogens is 3. The number of rotatable bonds is 6. The smallest absolute Gasteiger partial charge is 0.381 e. The average Bonchev–Trinajstić information content (AvgIpc) is 2.57. The highest BCUT2D eigenvalue weighted by Gasteiger charge is 2.42. The van der Waals surface area contributed by atoms with Crippen LogP contribution in [0.25, 0.3) is 0 Å². The molecule has 1 amide bonds. The van der Waals surface area contributed by atoms with E-state index in [1.54, 1.807) is 12.1 Å². The summed E-state index contributed by atoms with van der Waals surface area (Å²) in [5, 5.41) is 2.73. The molecular formula is C18H16F2INO3. The van der Waals surface area contributed by atoms with E-state index < -0.39 is 17.5 Å². The second kappa shape index (κ2) is 8.37. The van der Waals surface area contributed by atoms with Crippen LogP contribution in [0.5, 0.6) is 0 Å². The van der Waals surface area contributed by atoms with Gasteiger partial charge in [0.1, 0.15) is 0 Å². The summed E-state index contributed by atoms with van der Waals surface area (Å²) >= 11 is 2.16. The van der Waals surface area contributed by atoms with E-state index in [-0.39, 0.29) is 18.9 Å². The molecule has 132 valence electrons. The monoisotopic (exact) mass is 459 g/mol. The SMILES string of the molecule is CCOC(=O)C(F)(F)c1ccc(CC(=O)Nc2ccc(I)cc2)cc1. The Labute approximate surface area is 157 Å². The molecule has 0 heterocycles. The summed E-state index contributed by atoms with van der Waals surface area (Å²) in [6, 6.07) is 12.3. The number of anilines is 1. The third kappa shape index (κ3) is 5.22. The minimum absolute atomic E-state index is 0.0389. The molecule has 0 radical (unpaired) electrons. The van der Waals surface area contributed by atoms with Crippen molar-refractivity contribution < 1.29 is 23.1 Å². The van der Waals surface area contributed by atoms with Gasteiger partial charge in [-0.25, -0.2) is 4.79 Å². The van der Waals surface area contributed by atoms with Gasteiger partial charge in [-0.15, -0.1) is 0 Å². The van der Waals surface area contributed by atoms with Crippen LogP contribution in [-0.2, 0) is 26.7 Å². The quantitative estimate of drug-likeness (QED) is 0.523. The van der Waals surface area contributed by atoms with Crippen LogP contribution in [0, 0.1) is 3.57 Å². The van der Waals surface area contributed by atoms with Gasteiger partial charge in [-0.05, 0) is 59.3 Å². The summed E-state index contributed by atoms with van der Waals surface area (Å²) in [6.07, 6.45) is 0.0389. The van der Waals surface area contributed by atoms with E-state index in [2.05, 4.69) is 32.6 Å². The fourth-order valence-corrected chi connectivity index (χ4v) is 2.45. The Kier molecular flexibility index (Phi) is 6.46. The van der Waals surface area contributed by atoms with Gasteiger partial charge in [0.05, 0.1) is 13.0 Å². The van der Waals surface area contributed by atoms with Crippen molar-refractivity contribution >= 4 is 40.2 Å². The van der Waals surface area contributed by atoms with Crippen LogP contribution >= 0.6 is 22.6 Å². The molecule has 0 aromatic heterocycles. The molecular weight excluding hydrogens is 443 g/mol. The molecule has 0 saturated carbocycles. The maximum absolute atomic E-state index is 13.9. The van der Waals surface area contributed by atoms with Crippen molar-refractivity contribution in [3.8, 4) is 0 Å². The summed E-state index contributed by atoms with van der Waals surface area (Å²) in [5.74, 6) is -5.55. The Morgan fingerprint density at radius 2 is 1.68 bits per heavy atom. The number of ether oxygens (including phenoxy) is 1. The number of hydrogen-bond acceptors (Lipinski definition) is 3. The molecule has 25 heavy (non-hydrogen) atoms. The second-order valence-electron chi connectivity index (χ2n) is 5.22. The normalized spacial score (nSPS) is 11.0. The lowest BCUT2D eigenvalue weighted by Crippen LogP contribution is -2.28. The highest BCUT2D eigenvalue weighted by atomic mass is 127. The van der Waals surface area contributed by atoms with Crippen molar-refractivity contribution in [3.05, 3.63) is 63.2 Å². The first-order chi connectivity index (χ1) is 11.8. The Balaban J connectivity index is 2.01. The summed E-state index contributed by atoms with van der Waals surface area (Å²) < 4.78 is 33.2. The Hall–Kier alpha value is -2.03. The van der Waals surface area contributed by atoms with Crippen molar-refractivity contribution in [2.75, 3.05) is 11.9 Å². The number of hydrogen-bond donors (Lipinski definition) is 1. The fourth-order valence-electron chi connectivity index (χ4n) is 2.10. The molecule has 0 saturated heterocycles. The van der Waals surface area contributed by atoms with Gasteiger partial charge in [-0.3, -0.25) is 4.79 Å². The topological polar surface area (TPSA) is 55.4 Å². The zero-order valence-corrected chi connectivity index (χ0v) is 15.5. The summed E-state index contributed by atoms with van der Waals surface area (Å²) in [4.78, 5) is 23.3. The molecule has 0 aliphatic heterocycles. The molecule has 7 heteroatoms. The van der Waals surface area contributed by atoms with Gasteiger partial charge in [0, 0.05) is 14.8 Å². The number of esters is 1. The molecule has 2 aromatic rings. The maximum Gasteiger partial charge on any atom is 0.381 e. The standard InChI is InChI=1S/C18H16F2INO3/c1-2-25-17(24)18(19,20)13-5-3-12(4-6-13)11-16(23)22-15-9-7-14(21)8-10-15/h3-10H,2,11H2,1H3,(H,22,23). The van der Waals surface area contributed by atoms with E-state index in [0.717, 1.165) is 15.7 Å². The van der Waals surface area contributed by atoms with Gasteiger partial charge in [0.25, 0.3) is 0 Å². The lowest BCUT2D eigenvalue weighted by Gasteiger charge is -2.15. The minimum Gasteiger partial charge on any atom is -0.461 e. The van der Waals surface area contributed by atoms with E-state index in [0.29, 0.717) is 11.3 Å². The maximum atomic E-state index is 13.9. The molecule has 2 rings (SSSR count). The van der Waals surface area contributed by atoms with Crippen LogP contribution in [0.2, 0.25) is 0 Å². The lowest BCUT2D eigenvalue weighted by atomic mass is 10.0. The highest BCUT2D eigenvalue weighted by Crippen LogP contribution is 2.29. The predicted octanol–water partition coefficient (Wildman–Crippen LogP) is 4.13. The van der Waals surface area contributed by atoms with E-state index in [9.17, 15) is 18.4 Å². The number of nitrogens with one attached hydrogen (secondary N) is 1. The molecule has 2 aromatic carbocycles. The van der Waals surface area contributed by atoms with Gasteiger partial charge in [-0.1, -0.05) is 24.3 Å². The Morgan fingerprint density at radius 3 is 2.24 bits per heavy atom. The number of benzene rings is 2. The number of alkyl halides is 2. The zero-order chi connectivity index (χ0) is 18.4. The predicted molar refractivity (Wildman–Crippen MR) is 98.5 cm³/mol. The van der Waals surface area contributed by atoms with Crippen molar-refractivity contribution in [1.82, 2.24) is 0 Å². The van der Waals surface area contributed by atoms with Gasteiger partial charge >= 0.3 is 11.9 Å². The first-order valence-corrected chi connectivity index (χ1v) is 8.60. The van der Waals surface area contributed by atoms with Crippen molar-refractivity contribution in [3.63, 3.8) is 0 Å². The summed E-state index contributed by atoms with van der Waals surface area (Å²) in [5.41, 5.74) is 0.759. The average molecular weight is 459 g/mol. The highest BCUT2D eigenvalue weighted by molar-refractivity contribution is 14.1. The molecule has 0 aliphatic carbocycles. The first kappa shape index (κ1) is 19.3. The van der Waals surface area contributed by atoms with Gasteiger partial charge in [0.2, 0.25) is 5.91 Å². The fraction of sp³-hybridized carbons (Fsp3) is 0.222. The third-order valence-electron chi connectivity index (χ3n) is 3.34. The first-order valence-electron chi connectivity index (χ1n) is 7.52. The van der Waals surface area contributed by atoms with Crippen LogP contribution in [0.1, 0.15) is 18.1 Å². The van der Waals surface area contributed by atoms with E-state index in [4.69, 9.17) is 0 Å². The van der Waals surface area contributed by atoms with Crippen molar-refractivity contribution in [2.45, 2.75) is 19.3 Å². The van der Waals surface area contributed by atoms with Crippen LogP contribution < -0.4 is 5.32 Å². The number of carbonyl (C=O) groups is 2. The molecule has 0 spiro atoms. The number of amides is 1. The van der Waals surface area contributed by atoms with Crippen molar-refractivity contribution in [2.24, 2.45) is 0 Å². The van der Waals surface area contributed by atoms with Crippen LogP contribution in [0.3, 0.4) is 0 Å². The summed E-state index contributed by atoms with van der Waals surface area (Å²) in [6.45, 7) is 1.34. The summed E-state index contributed by atoms with van der Waals surface area (Å²) in [7, 11) is 0. The van der Waals surface area contributed by atoms with Crippen molar-refractivity contribution in [1.29, 1.82) is 0 Å². The molecule has 0 aliphatic rings. The number of carbonyl (C=O) groups excluding carboxylic acids is 2. The zero-order valence-electron chi connectivity index (χ0n) is 13.4. The second-order valence-corrected chi connectivity index (χ2v) is 6.47. The van der Waals surface area contributed by atoms with Gasteiger partial charge in [-0.2, -0.15) is 8.78 Å². The Morgan fingerprint density at radius 1 is 1.08 bits per heavy atom. The van der Waals surface area contributed by atoms with E-state index >= 15 is 0 Å². The minimum atomic E-state index is -3.71. The molecule has 0 fully saturated rings. The van der Waals surface area contributed by atoms with Gasteiger partial charge < -0.3 is 10.1 Å². The molecule has 0 unspecified atom stereocenters. The Bertz CT molecular complexity index is 746. The molecule has 1 N–H and O–H groups in total. The third-order valence-corrected chi connectivity index (χ3v) is 4.06. The van der Waals surface area contributed by atoms with E-state index in [1.807, 2.05) is 12.1 Å². The molecule has 0 bridgehead atoms. The van der Waals surface area contributed by atoms with Crippen LogP contribution in [0.4, 0.5) is 14.5 Å². The lowest BCUT2D eigenvalue weighted by molar-refractivity contribution is -0.173. The van der Waals surface area contributed by atoms with Crippen LogP contribution in [-0.4, -0.2) is 18.5 Å². The van der Waals surface area contributed by atoms with Gasteiger partial charge in [0.15, 0.2) is 0 Å². The van der Waals surface area contributed by atoms with Crippen LogP contribution in [0.15, 0.2) is 48.5 Å². The molecule has 4 nitrogen and oxygen atoms in total. The van der Waals surface area contributed by atoms with E-state index in [1.165, 1.54) is 19.1 Å².